The Bertz CT molecular complexity index is 612. The third-order valence-electron chi connectivity index (χ3n) is 4.20. The molecule has 0 saturated carbocycles. The smallest absolute Gasteiger partial charge is 0.122 e. The van der Waals surface area contributed by atoms with Gasteiger partial charge in [0.05, 0.1) is 12.1 Å². The number of nitrogens with zero attached hydrogens (tertiary/aromatic N) is 1. The molecule has 0 unspecified atom stereocenters. The maximum Gasteiger partial charge on any atom is 0.122 e. The van der Waals surface area contributed by atoms with E-state index < -0.39 is 12.1 Å². The van der Waals surface area contributed by atoms with E-state index in [1.165, 1.54) is 0 Å². The van der Waals surface area contributed by atoms with Crippen LogP contribution >= 0.6 is 0 Å². The summed E-state index contributed by atoms with van der Waals surface area (Å²) in [6, 6.07) is 14.6. The van der Waals surface area contributed by atoms with Gasteiger partial charge >= 0.3 is 0 Å². The number of benzene rings is 2. The van der Waals surface area contributed by atoms with Crippen LogP contribution in [0.15, 0.2) is 48.5 Å². The highest BCUT2D eigenvalue weighted by Gasteiger charge is 2.21. The molecular formula is C19H26N2O2. The zero-order valence-corrected chi connectivity index (χ0v) is 13.8. The third kappa shape index (κ3) is 4.24. The van der Waals surface area contributed by atoms with Crippen molar-refractivity contribution in [3.8, 4) is 5.75 Å². The molecule has 0 aliphatic rings. The number of nitrogens with two attached hydrogens (primary N) is 1. The molecule has 0 spiro atoms. The van der Waals surface area contributed by atoms with Crippen molar-refractivity contribution in [2.24, 2.45) is 5.73 Å². The fourth-order valence-electron chi connectivity index (χ4n) is 2.79. The van der Waals surface area contributed by atoms with Gasteiger partial charge in [0.1, 0.15) is 5.75 Å². The van der Waals surface area contributed by atoms with Gasteiger partial charge in [-0.25, -0.2) is 0 Å². The molecule has 4 heteroatoms. The van der Waals surface area contributed by atoms with Crippen LogP contribution in [0.25, 0.3) is 0 Å². The van der Waals surface area contributed by atoms with E-state index in [9.17, 15) is 10.2 Å². The summed E-state index contributed by atoms with van der Waals surface area (Å²) in [7, 11) is 0. The molecule has 4 nitrogen and oxygen atoms in total. The van der Waals surface area contributed by atoms with E-state index in [0.717, 1.165) is 24.3 Å². The van der Waals surface area contributed by atoms with E-state index in [1.807, 2.05) is 42.5 Å². The molecule has 23 heavy (non-hydrogen) atoms. The highest BCUT2D eigenvalue weighted by molar-refractivity contribution is 5.54. The molecule has 0 saturated heterocycles. The highest BCUT2D eigenvalue weighted by atomic mass is 16.3. The van der Waals surface area contributed by atoms with Gasteiger partial charge in [-0.2, -0.15) is 0 Å². The Kier molecular flexibility index (Phi) is 6.02. The molecule has 0 aromatic heterocycles. The number of aromatic hydroxyl groups is 1. The van der Waals surface area contributed by atoms with E-state index in [1.54, 1.807) is 6.07 Å². The summed E-state index contributed by atoms with van der Waals surface area (Å²) < 4.78 is 0. The minimum atomic E-state index is -0.748. The van der Waals surface area contributed by atoms with Crippen LogP contribution in [0.2, 0.25) is 0 Å². The first-order valence-electron chi connectivity index (χ1n) is 8.12. The van der Waals surface area contributed by atoms with Gasteiger partial charge in [0.15, 0.2) is 0 Å². The highest BCUT2D eigenvalue weighted by Crippen LogP contribution is 2.30. The number of phenols is 1. The summed E-state index contributed by atoms with van der Waals surface area (Å²) in [6.45, 7) is 5.89. The molecule has 0 fully saturated rings. The first kappa shape index (κ1) is 17.3. The molecule has 2 aromatic rings. The Morgan fingerprint density at radius 2 is 1.70 bits per heavy atom. The van der Waals surface area contributed by atoms with Crippen LogP contribution in [0, 0.1) is 0 Å². The molecule has 124 valence electrons. The maximum atomic E-state index is 10.4. The second-order valence-corrected chi connectivity index (χ2v) is 5.70. The summed E-state index contributed by atoms with van der Waals surface area (Å²) >= 11 is 0. The normalized spacial score (nSPS) is 13.6. The number of aliphatic hydroxyl groups excluding tert-OH is 1. The maximum absolute atomic E-state index is 10.4. The van der Waals surface area contributed by atoms with Gasteiger partial charge in [-0.1, -0.05) is 36.4 Å². The summed E-state index contributed by atoms with van der Waals surface area (Å²) in [4.78, 5) is 2.15. The standard InChI is InChI=1S/C19H26N2O2/c1-3-21(4-2)15-10-11-16(17(22)13-15)19(20)18(23)12-14-8-6-5-7-9-14/h5-11,13,18-19,22-23H,3-4,12,20H2,1-2H3/t18-,19+/m0/s1. The molecule has 2 rings (SSSR count). The van der Waals surface area contributed by atoms with Crippen molar-refractivity contribution in [1.29, 1.82) is 0 Å². The number of hydrogen-bond acceptors (Lipinski definition) is 4. The number of phenolic OH excluding ortho intramolecular Hbond substituents is 1. The minimum Gasteiger partial charge on any atom is -0.508 e. The van der Waals surface area contributed by atoms with E-state index in [-0.39, 0.29) is 5.75 Å². The van der Waals surface area contributed by atoms with Gasteiger partial charge in [-0.05, 0) is 25.5 Å². The Morgan fingerprint density at radius 1 is 1.04 bits per heavy atom. The van der Waals surface area contributed by atoms with Crippen LogP contribution in [-0.4, -0.2) is 29.4 Å². The van der Waals surface area contributed by atoms with Crippen LogP contribution in [0.4, 0.5) is 5.69 Å². The third-order valence-corrected chi connectivity index (χ3v) is 4.20. The lowest BCUT2D eigenvalue weighted by molar-refractivity contribution is 0.144. The molecule has 4 N–H and O–H groups in total. The van der Waals surface area contributed by atoms with Gasteiger partial charge < -0.3 is 20.8 Å². The van der Waals surface area contributed by atoms with Crippen molar-refractivity contribution in [3.63, 3.8) is 0 Å². The summed E-state index contributed by atoms with van der Waals surface area (Å²) in [5.41, 5.74) is 8.71. The van der Waals surface area contributed by atoms with Crippen molar-refractivity contribution in [1.82, 2.24) is 0 Å². The van der Waals surface area contributed by atoms with E-state index >= 15 is 0 Å². The summed E-state index contributed by atoms with van der Waals surface area (Å²) in [6.07, 6.45) is -0.290. The van der Waals surface area contributed by atoms with E-state index in [4.69, 9.17) is 5.73 Å². The topological polar surface area (TPSA) is 69.7 Å². The van der Waals surface area contributed by atoms with Gasteiger partial charge in [0.25, 0.3) is 0 Å². The zero-order chi connectivity index (χ0) is 16.8. The predicted octanol–water partition coefficient (Wildman–Crippen LogP) is 2.84. The first-order chi connectivity index (χ1) is 11.1. The van der Waals surface area contributed by atoms with Gasteiger partial charge in [-0.15, -0.1) is 0 Å². The first-order valence-corrected chi connectivity index (χ1v) is 8.12. The summed E-state index contributed by atoms with van der Waals surface area (Å²) in [5.74, 6) is 0.133. The number of rotatable bonds is 7. The van der Waals surface area contributed by atoms with Crippen LogP contribution < -0.4 is 10.6 Å². The number of anilines is 1. The molecule has 0 amide bonds. The lowest BCUT2D eigenvalue weighted by Crippen LogP contribution is -2.28. The van der Waals surface area contributed by atoms with Crippen LogP contribution in [0.5, 0.6) is 5.75 Å². The summed E-state index contributed by atoms with van der Waals surface area (Å²) in [5, 5.41) is 20.7. The zero-order valence-electron chi connectivity index (χ0n) is 13.8. The van der Waals surface area contributed by atoms with E-state index in [0.29, 0.717) is 12.0 Å². The van der Waals surface area contributed by atoms with Crippen molar-refractivity contribution in [2.45, 2.75) is 32.4 Å². The SMILES string of the molecule is CCN(CC)c1ccc([C@@H](N)[C@@H](O)Cc2ccccc2)c(O)c1. The van der Waals surface area contributed by atoms with Gasteiger partial charge in [-0.3, -0.25) is 0 Å². The van der Waals surface area contributed by atoms with Crippen molar-refractivity contribution in [3.05, 3.63) is 59.7 Å². The lowest BCUT2D eigenvalue weighted by atomic mass is 9.96. The van der Waals surface area contributed by atoms with Gasteiger partial charge in [0, 0.05) is 36.8 Å². The molecule has 0 bridgehead atoms. The molecule has 0 radical (unpaired) electrons. The number of aliphatic hydroxyl groups is 1. The average Bonchev–Trinajstić information content (AvgIpc) is 2.56. The lowest BCUT2D eigenvalue weighted by Gasteiger charge is -2.24. The monoisotopic (exact) mass is 314 g/mol. The molecular weight excluding hydrogens is 288 g/mol. The van der Waals surface area contributed by atoms with Crippen LogP contribution in [-0.2, 0) is 6.42 Å². The largest absolute Gasteiger partial charge is 0.508 e. The molecule has 0 aliphatic heterocycles. The fourth-order valence-corrected chi connectivity index (χ4v) is 2.79. The number of hydrogen-bond donors (Lipinski definition) is 3. The Balaban J connectivity index is 2.14. The molecule has 0 heterocycles. The Morgan fingerprint density at radius 3 is 2.26 bits per heavy atom. The van der Waals surface area contributed by atoms with E-state index in [2.05, 4.69) is 18.7 Å². The van der Waals surface area contributed by atoms with Gasteiger partial charge in [0.2, 0.25) is 0 Å². The molecule has 0 aliphatic carbocycles. The van der Waals surface area contributed by atoms with Crippen LogP contribution in [0.1, 0.15) is 31.0 Å². The molecule has 2 atom stereocenters. The quantitative estimate of drug-likeness (QED) is 0.735. The molecule has 2 aromatic carbocycles. The van der Waals surface area contributed by atoms with Crippen molar-refractivity contribution < 1.29 is 10.2 Å². The fraction of sp³-hybridized carbons (Fsp3) is 0.368. The van der Waals surface area contributed by atoms with Crippen LogP contribution in [0.3, 0.4) is 0 Å². The minimum absolute atomic E-state index is 0.133. The predicted molar refractivity (Wildman–Crippen MR) is 94.7 cm³/mol. The Labute approximate surface area is 138 Å². The average molecular weight is 314 g/mol. The second kappa shape index (κ2) is 7.99. The second-order valence-electron chi connectivity index (χ2n) is 5.70. The van der Waals surface area contributed by atoms with Crippen molar-refractivity contribution >= 4 is 5.69 Å². The van der Waals surface area contributed by atoms with Crippen molar-refractivity contribution in [2.75, 3.05) is 18.0 Å². The Hall–Kier alpha value is -2.04.